The van der Waals surface area contributed by atoms with Crippen molar-refractivity contribution >= 4 is 11.0 Å². The Labute approximate surface area is 211 Å². The topological polar surface area (TPSA) is 111 Å². The van der Waals surface area contributed by atoms with Gasteiger partial charge in [0.2, 0.25) is 0 Å². The zero-order chi connectivity index (χ0) is 26.4. The monoisotopic (exact) mass is 490 g/mol. The molecule has 1 aromatic heterocycles. The Morgan fingerprint density at radius 1 is 0.806 bits per heavy atom. The fourth-order valence-corrected chi connectivity index (χ4v) is 4.03. The number of benzene rings is 2. The largest absolute Gasteiger partial charge is 0.508 e. The third-order valence-electron chi connectivity index (χ3n) is 6.08. The minimum atomic E-state index is -0.507. The molecule has 0 bridgehead atoms. The molecule has 0 amide bonds. The lowest BCUT2D eigenvalue weighted by atomic mass is 10.0. The Morgan fingerprint density at radius 2 is 1.47 bits per heavy atom. The minimum Gasteiger partial charge on any atom is -0.508 e. The molecule has 0 saturated heterocycles. The molecule has 1 heterocycles. The molecule has 3 rings (SSSR count). The maximum absolute atomic E-state index is 12.8. The van der Waals surface area contributed by atoms with Gasteiger partial charge < -0.3 is 24.8 Å². The van der Waals surface area contributed by atoms with Crippen molar-refractivity contribution in [1.82, 2.24) is 0 Å². The summed E-state index contributed by atoms with van der Waals surface area (Å²) in [6, 6.07) is 6.25. The van der Waals surface area contributed by atoms with E-state index in [1.165, 1.54) is 29.3 Å². The van der Waals surface area contributed by atoms with Crippen LogP contribution in [-0.4, -0.2) is 20.4 Å². The van der Waals surface area contributed by atoms with Gasteiger partial charge in [0.15, 0.2) is 5.43 Å². The highest BCUT2D eigenvalue weighted by atomic mass is 16.3. The quantitative estimate of drug-likeness (QED) is 0.235. The summed E-state index contributed by atoms with van der Waals surface area (Å²) in [5.41, 5.74) is 3.93. The Kier molecular flexibility index (Phi) is 8.64. The predicted octanol–water partition coefficient (Wildman–Crippen LogP) is 7.24. The van der Waals surface area contributed by atoms with E-state index in [-0.39, 0.29) is 45.3 Å². The zero-order valence-corrected chi connectivity index (χ0v) is 21.3. The lowest BCUT2D eigenvalue weighted by Gasteiger charge is -2.11. The van der Waals surface area contributed by atoms with Gasteiger partial charge in [-0.1, -0.05) is 34.9 Å². The van der Waals surface area contributed by atoms with E-state index in [0.717, 1.165) is 43.4 Å². The fourth-order valence-electron chi connectivity index (χ4n) is 4.03. The summed E-state index contributed by atoms with van der Waals surface area (Å²) in [7, 11) is 0. The third kappa shape index (κ3) is 6.60. The molecule has 6 heteroatoms. The van der Waals surface area contributed by atoms with Gasteiger partial charge in [-0.15, -0.1) is 0 Å². The second kappa shape index (κ2) is 11.7. The summed E-state index contributed by atoms with van der Waals surface area (Å²) in [5.74, 6) is -0.895. The summed E-state index contributed by atoms with van der Waals surface area (Å²) in [5, 5.41) is 40.6. The van der Waals surface area contributed by atoms with Crippen LogP contribution in [0.4, 0.5) is 0 Å². The van der Waals surface area contributed by atoms with Crippen LogP contribution in [0.3, 0.4) is 0 Å². The Hall–Kier alpha value is -3.93. The fraction of sp³-hybridized carbons (Fsp3) is 0.300. The molecule has 190 valence electrons. The van der Waals surface area contributed by atoms with Gasteiger partial charge in [0.05, 0.1) is 5.56 Å². The molecule has 0 unspecified atom stereocenters. The third-order valence-corrected chi connectivity index (χ3v) is 6.08. The maximum Gasteiger partial charge on any atom is 0.197 e. The molecule has 0 aliphatic carbocycles. The van der Waals surface area contributed by atoms with Crippen LogP contribution in [0.25, 0.3) is 22.3 Å². The smallest absolute Gasteiger partial charge is 0.197 e. The molecule has 6 nitrogen and oxygen atoms in total. The average Bonchev–Trinajstić information content (AvgIpc) is 2.78. The summed E-state index contributed by atoms with van der Waals surface area (Å²) in [4.78, 5) is 12.8. The number of phenolic OH excluding ortho intramolecular Hbond substituents is 4. The lowest BCUT2D eigenvalue weighted by molar-refractivity contribution is 0.447. The normalized spacial score (nSPS) is 12.2. The summed E-state index contributed by atoms with van der Waals surface area (Å²) in [6.07, 6.45) is 10.6. The van der Waals surface area contributed by atoms with Crippen LogP contribution < -0.4 is 5.43 Å². The van der Waals surface area contributed by atoms with E-state index in [2.05, 4.69) is 32.9 Å². The Bertz CT molecular complexity index is 1400. The molecule has 0 fully saturated rings. The number of hydrogen-bond acceptors (Lipinski definition) is 6. The Morgan fingerprint density at radius 3 is 2.14 bits per heavy atom. The number of fused-ring (bicyclic) bond motifs is 1. The van der Waals surface area contributed by atoms with Gasteiger partial charge in [0, 0.05) is 23.8 Å². The van der Waals surface area contributed by atoms with Crippen molar-refractivity contribution in [3.05, 3.63) is 81.1 Å². The van der Waals surface area contributed by atoms with Crippen LogP contribution in [0.5, 0.6) is 23.0 Å². The van der Waals surface area contributed by atoms with Gasteiger partial charge >= 0.3 is 0 Å². The van der Waals surface area contributed by atoms with Gasteiger partial charge in [-0.25, -0.2) is 0 Å². The van der Waals surface area contributed by atoms with Crippen molar-refractivity contribution in [3.8, 4) is 34.3 Å². The lowest BCUT2D eigenvalue weighted by Crippen LogP contribution is -2.03. The first-order valence-corrected chi connectivity index (χ1v) is 12.1. The first-order chi connectivity index (χ1) is 17.1. The number of rotatable bonds is 9. The van der Waals surface area contributed by atoms with Gasteiger partial charge in [-0.2, -0.15) is 0 Å². The number of aromatic hydroxyl groups is 4. The molecular weight excluding hydrogens is 456 g/mol. The van der Waals surface area contributed by atoms with E-state index in [4.69, 9.17) is 4.42 Å². The molecule has 3 aromatic rings. The highest BCUT2D eigenvalue weighted by Gasteiger charge is 2.19. The van der Waals surface area contributed by atoms with Crippen LogP contribution in [0.15, 0.2) is 74.5 Å². The summed E-state index contributed by atoms with van der Waals surface area (Å²) >= 11 is 0. The van der Waals surface area contributed by atoms with Crippen LogP contribution in [-0.2, 0) is 6.42 Å². The first-order valence-electron chi connectivity index (χ1n) is 12.1. The van der Waals surface area contributed by atoms with Crippen molar-refractivity contribution in [2.24, 2.45) is 0 Å². The average molecular weight is 491 g/mol. The van der Waals surface area contributed by atoms with E-state index < -0.39 is 5.43 Å². The number of hydrogen-bond donors (Lipinski definition) is 4. The molecule has 0 atom stereocenters. The van der Waals surface area contributed by atoms with Gasteiger partial charge in [0.25, 0.3) is 0 Å². The molecule has 0 aliphatic heterocycles. The highest BCUT2D eigenvalue weighted by molar-refractivity contribution is 5.89. The van der Waals surface area contributed by atoms with Gasteiger partial charge in [-0.05, 0) is 71.9 Å². The standard InChI is InChI=1S/C30H34O6/c1-18(2)7-5-8-19(3)9-6-10-20(4)11-13-23-25(33)16-26(34)29-27(35)17-28(36-30(23)29)22-14-12-21(31)15-24(22)32/h7,9,11-12,14-17,31-34H,5-6,8,10,13H2,1-4H3. The van der Waals surface area contributed by atoms with Gasteiger partial charge in [-0.3, -0.25) is 4.79 Å². The minimum absolute atomic E-state index is 0.0363. The van der Waals surface area contributed by atoms with Crippen molar-refractivity contribution in [2.45, 2.75) is 59.8 Å². The second-order valence-corrected chi connectivity index (χ2v) is 9.44. The first kappa shape index (κ1) is 26.7. The molecule has 4 N–H and O–H groups in total. The van der Waals surface area contributed by atoms with Crippen LogP contribution in [0, 0.1) is 0 Å². The molecule has 0 saturated carbocycles. The Balaban J connectivity index is 1.87. The zero-order valence-electron chi connectivity index (χ0n) is 21.3. The van der Waals surface area contributed by atoms with Crippen LogP contribution in [0.2, 0.25) is 0 Å². The summed E-state index contributed by atoms with van der Waals surface area (Å²) in [6.45, 7) is 8.36. The van der Waals surface area contributed by atoms with E-state index in [1.807, 2.05) is 13.0 Å². The molecular formula is C30H34O6. The number of allylic oxidation sites excluding steroid dienone is 6. The maximum atomic E-state index is 12.8. The van der Waals surface area contributed by atoms with Crippen molar-refractivity contribution in [1.29, 1.82) is 0 Å². The summed E-state index contributed by atoms with van der Waals surface area (Å²) < 4.78 is 5.94. The van der Waals surface area contributed by atoms with E-state index in [9.17, 15) is 25.2 Å². The highest BCUT2D eigenvalue weighted by Crippen LogP contribution is 2.38. The van der Waals surface area contributed by atoms with Gasteiger partial charge in [0.1, 0.15) is 39.7 Å². The second-order valence-electron chi connectivity index (χ2n) is 9.44. The predicted molar refractivity (Wildman–Crippen MR) is 144 cm³/mol. The SMILES string of the molecule is CC(C)=CCCC(C)=CCCC(C)=CCc1c(O)cc(O)c2c(=O)cc(-c3ccc(O)cc3O)oc12. The molecule has 0 aliphatic rings. The van der Waals surface area contributed by atoms with E-state index >= 15 is 0 Å². The van der Waals surface area contributed by atoms with Crippen molar-refractivity contribution < 1.29 is 24.8 Å². The van der Waals surface area contributed by atoms with Crippen LogP contribution >= 0.6 is 0 Å². The van der Waals surface area contributed by atoms with E-state index in [0.29, 0.717) is 12.0 Å². The molecule has 0 radical (unpaired) electrons. The molecule has 36 heavy (non-hydrogen) atoms. The van der Waals surface area contributed by atoms with Crippen LogP contribution in [0.1, 0.15) is 58.9 Å². The molecule has 2 aromatic carbocycles. The van der Waals surface area contributed by atoms with Crippen molar-refractivity contribution in [3.63, 3.8) is 0 Å². The molecule has 0 spiro atoms. The van der Waals surface area contributed by atoms with Crippen molar-refractivity contribution in [2.75, 3.05) is 0 Å². The number of phenols is 4. The van der Waals surface area contributed by atoms with E-state index in [1.54, 1.807) is 0 Å².